The fourth-order valence-electron chi connectivity index (χ4n) is 1.85. The molecule has 0 spiro atoms. The summed E-state index contributed by atoms with van der Waals surface area (Å²) >= 11 is 0. The van der Waals surface area contributed by atoms with Crippen LogP contribution in [0, 0.1) is 5.92 Å². The van der Waals surface area contributed by atoms with E-state index in [1.54, 1.807) is 6.20 Å². The zero-order chi connectivity index (χ0) is 13.3. The van der Waals surface area contributed by atoms with Crippen molar-refractivity contribution < 1.29 is 4.79 Å². The van der Waals surface area contributed by atoms with Crippen LogP contribution in [0.4, 0.5) is 5.82 Å². The molecule has 0 aromatic carbocycles. The summed E-state index contributed by atoms with van der Waals surface area (Å²) in [5.74, 6) is 0.763. The lowest BCUT2D eigenvalue weighted by atomic mass is 10.0. The molecule has 2 N–H and O–H groups in total. The number of ketones is 1. The molecule has 5 nitrogen and oxygen atoms in total. The molecular weight excluding hydrogens is 228 g/mol. The third-order valence-electron chi connectivity index (χ3n) is 2.69. The molecule has 96 valence electrons. The van der Waals surface area contributed by atoms with E-state index in [-0.39, 0.29) is 17.7 Å². The van der Waals surface area contributed by atoms with Crippen molar-refractivity contribution in [1.29, 1.82) is 0 Å². The van der Waals surface area contributed by atoms with Crippen molar-refractivity contribution >= 4 is 22.6 Å². The average Bonchev–Trinajstić information content (AvgIpc) is 2.72. The first-order valence-electron chi connectivity index (χ1n) is 6.13. The van der Waals surface area contributed by atoms with Crippen molar-refractivity contribution in [3.8, 4) is 0 Å². The van der Waals surface area contributed by atoms with E-state index in [1.807, 2.05) is 27.7 Å². The number of aromatic nitrogens is 3. The van der Waals surface area contributed by atoms with Gasteiger partial charge in [-0.1, -0.05) is 13.8 Å². The van der Waals surface area contributed by atoms with Crippen molar-refractivity contribution in [2.45, 2.75) is 33.7 Å². The van der Waals surface area contributed by atoms with Crippen LogP contribution in [-0.4, -0.2) is 26.8 Å². The Labute approximate surface area is 106 Å². The van der Waals surface area contributed by atoms with Gasteiger partial charge in [0.2, 0.25) is 0 Å². The average molecular weight is 246 g/mol. The van der Waals surface area contributed by atoms with E-state index < -0.39 is 0 Å². The van der Waals surface area contributed by atoms with Gasteiger partial charge in [0.1, 0.15) is 17.8 Å². The molecule has 0 amide bonds. The van der Waals surface area contributed by atoms with Gasteiger partial charge >= 0.3 is 0 Å². The summed E-state index contributed by atoms with van der Waals surface area (Å²) in [6, 6.07) is 0.250. The van der Waals surface area contributed by atoms with Gasteiger partial charge in [-0.2, -0.15) is 0 Å². The minimum Gasteiger partial charge on any atom is -0.367 e. The lowest BCUT2D eigenvalue weighted by Crippen LogP contribution is -2.13. The number of Topliss-reactive ketones (excluding diaryl/α,β-unsaturated/α-hetero) is 1. The molecule has 0 fully saturated rings. The Balaban J connectivity index is 2.58. The Hall–Kier alpha value is -1.91. The van der Waals surface area contributed by atoms with Crippen LogP contribution in [-0.2, 0) is 0 Å². The minimum atomic E-state index is -0.0453. The van der Waals surface area contributed by atoms with Gasteiger partial charge in [-0.15, -0.1) is 0 Å². The second-order valence-corrected chi connectivity index (χ2v) is 4.97. The Morgan fingerprint density at radius 2 is 2.00 bits per heavy atom. The summed E-state index contributed by atoms with van der Waals surface area (Å²) in [7, 11) is 0. The fourth-order valence-corrected chi connectivity index (χ4v) is 1.85. The second kappa shape index (κ2) is 4.76. The molecule has 5 heteroatoms. The first-order chi connectivity index (χ1) is 8.50. The molecule has 0 aliphatic rings. The molecular formula is C13H18N4O. The largest absolute Gasteiger partial charge is 0.367 e. The molecule has 0 unspecified atom stereocenters. The van der Waals surface area contributed by atoms with Crippen LogP contribution in [0.2, 0.25) is 0 Å². The van der Waals surface area contributed by atoms with Crippen LogP contribution < -0.4 is 5.32 Å². The molecule has 18 heavy (non-hydrogen) atoms. The Morgan fingerprint density at radius 3 is 2.61 bits per heavy atom. The highest BCUT2D eigenvalue weighted by Gasteiger charge is 2.19. The quantitative estimate of drug-likeness (QED) is 0.813. The summed E-state index contributed by atoms with van der Waals surface area (Å²) in [5, 5.41) is 4.03. The van der Waals surface area contributed by atoms with Gasteiger partial charge in [-0.05, 0) is 13.8 Å². The Bertz CT molecular complexity index is 571. The first-order valence-corrected chi connectivity index (χ1v) is 6.13. The molecule has 2 aromatic rings. The van der Waals surface area contributed by atoms with Gasteiger partial charge in [0.05, 0.1) is 5.39 Å². The maximum Gasteiger partial charge on any atom is 0.167 e. The lowest BCUT2D eigenvalue weighted by molar-refractivity contribution is 0.0941. The predicted molar refractivity (Wildman–Crippen MR) is 71.8 cm³/mol. The van der Waals surface area contributed by atoms with E-state index in [1.165, 1.54) is 6.33 Å². The van der Waals surface area contributed by atoms with E-state index in [0.717, 1.165) is 5.39 Å². The van der Waals surface area contributed by atoms with Crippen molar-refractivity contribution in [1.82, 2.24) is 15.0 Å². The normalized spacial score (nSPS) is 11.4. The SMILES string of the molecule is CC(C)Nc1ncnc2[nH]cc(C(=O)C(C)C)c12. The van der Waals surface area contributed by atoms with Crippen LogP contribution >= 0.6 is 0 Å². The lowest BCUT2D eigenvalue weighted by Gasteiger charge is -2.11. The van der Waals surface area contributed by atoms with Gasteiger partial charge in [0.15, 0.2) is 5.78 Å². The molecule has 2 aromatic heterocycles. The van der Waals surface area contributed by atoms with E-state index in [9.17, 15) is 4.79 Å². The molecule has 0 aliphatic heterocycles. The molecule has 0 saturated heterocycles. The van der Waals surface area contributed by atoms with E-state index in [0.29, 0.717) is 17.0 Å². The molecule has 0 radical (unpaired) electrons. The van der Waals surface area contributed by atoms with Crippen LogP contribution in [0.1, 0.15) is 38.1 Å². The van der Waals surface area contributed by atoms with Crippen LogP contribution in [0.25, 0.3) is 11.0 Å². The van der Waals surface area contributed by atoms with Gasteiger partial charge in [0, 0.05) is 23.7 Å². The van der Waals surface area contributed by atoms with Gasteiger partial charge < -0.3 is 10.3 Å². The molecule has 0 saturated carbocycles. The summed E-state index contributed by atoms with van der Waals surface area (Å²) in [4.78, 5) is 23.6. The topological polar surface area (TPSA) is 70.7 Å². The van der Waals surface area contributed by atoms with Crippen molar-refractivity contribution in [2.24, 2.45) is 5.92 Å². The molecule has 2 rings (SSSR count). The summed E-state index contributed by atoms with van der Waals surface area (Å²) < 4.78 is 0. The summed E-state index contributed by atoms with van der Waals surface area (Å²) in [5.41, 5.74) is 1.35. The molecule has 0 bridgehead atoms. The predicted octanol–water partition coefficient (Wildman–Crippen LogP) is 2.62. The number of nitrogens with zero attached hydrogens (tertiary/aromatic N) is 2. The number of carbonyl (C=O) groups excluding carboxylic acids is 1. The second-order valence-electron chi connectivity index (χ2n) is 4.97. The minimum absolute atomic E-state index is 0.0453. The number of anilines is 1. The number of H-pyrrole nitrogens is 1. The van der Waals surface area contributed by atoms with Gasteiger partial charge in [-0.3, -0.25) is 4.79 Å². The van der Waals surface area contributed by atoms with E-state index >= 15 is 0 Å². The molecule has 0 aliphatic carbocycles. The van der Waals surface area contributed by atoms with Crippen LogP contribution in [0.15, 0.2) is 12.5 Å². The number of fused-ring (bicyclic) bond motifs is 1. The highest BCUT2D eigenvalue weighted by Crippen LogP contribution is 2.25. The zero-order valence-electron chi connectivity index (χ0n) is 11.1. The maximum atomic E-state index is 12.2. The van der Waals surface area contributed by atoms with Gasteiger partial charge in [-0.25, -0.2) is 9.97 Å². The maximum absolute atomic E-state index is 12.2. The van der Waals surface area contributed by atoms with E-state index in [2.05, 4.69) is 20.3 Å². The standard InChI is InChI=1S/C13H18N4O/c1-7(2)11(18)9-5-14-12-10(9)13(16-6-15-12)17-8(3)4/h5-8H,1-4H3,(H2,14,15,16,17). The highest BCUT2D eigenvalue weighted by molar-refractivity contribution is 6.11. The Kier molecular flexibility index (Phi) is 3.32. The third-order valence-corrected chi connectivity index (χ3v) is 2.69. The number of rotatable bonds is 4. The van der Waals surface area contributed by atoms with E-state index in [4.69, 9.17) is 0 Å². The number of nitrogens with one attached hydrogen (secondary N) is 2. The van der Waals surface area contributed by atoms with Crippen LogP contribution in [0.3, 0.4) is 0 Å². The van der Waals surface area contributed by atoms with Crippen LogP contribution in [0.5, 0.6) is 0 Å². The first kappa shape index (κ1) is 12.5. The molecule has 0 atom stereocenters. The van der Waals surface area contributed by atoms with Crippen molar-refractivity contribution in [2.75, 3.05) is 5.32 Å². The Morgan fingerprint density at radius 1 is 1.28 bits per heavy atom. The summed E-state index contributed by atoms with van der Waals surface area (Å²) in [6.45, 7) is 7.84. The number of hydrogen-bond acceptors (Lipinski definition) is 4. The number of carbonyl (C=O) groups is 1. The third kappa shape index (κ3) is 2.20. The zero-order valence-corrected chi connectivity index (χ0v) is 11.1. The monoisotopic (exact) mass is 246 g/mol. The summed E-state index contributed by atoms with van der Waals surface area (Å²) in [6.07, 6.45) is 3.21. The fraction of sp³-hybridized carbons (Fsp3) is 0.462. The molecule has 2 heterocycles. The van der Waals surface area contributed by atoms with Crippen molar-refractivity contribution in [3.05, 3.63) is 18.1 Å². The van der Waals surface area contributed by atoms with Crippen molar-refractivity contribution in [3.63, 3.8) is 0 Å². The van der Waals surface area contributed by atoms with Gasteiger partial charge in [0.25, 0.3) is 0 Å². The number of aromatic amines is 1. The smallest absolute Gasteiger partial charge is 0.167 e. The highest BCUT2D eigenvalue weighted by atomic mass is 16.1. The number of hydrogen-bond donors (Lipinski definition) is 2.